The molecule has 29 heavy (non-hydrogen) atoms. The summed E-state index contributed by atoms with van der Waals surface area (Å²) in [5, 5.41) is 13.7. The van der Waals surface area contributed by atoms with E-state index in [1.807, 2.05) is 0 Å². The lowest BCUT2D eigenvalue weighted by atomic mass is 10.1. The van der Waals surface area contributed by atoms with Gasteiger partial charge in [0, 0.05) is 31.8 Å². The van der Waals surface area contributed by atoms with Gasteiger partial charge in [0.2, 0.25) is 15.9 Å². The quantitative estimate of drug-likeness (QED) is 0.425. The highest BCUT2D eigenvalue weighted by molar-refractivity contribution is 7.89. The van der Waals surface area contributed by atoms with Crippen molar-refractivity contribution in [1.29, 1.82) is 0 Å². The Balaban J connectivity index is 1.59. The third-order valence-corrected chi connectivity index (χ3v) is 6.55. The van der Waals surface area contributed by atoms with Crippen LogP contribution in [0.15, 0.2) is 59.5 Å². The van der Waals surface area contributed by atoms with Gasteiger partial charge in [-0.3, -0.25) is 14.9 Å². The number of nitro groups is 1. The van der Waals surface area contributed by atoms with Crippen LogP contribution in [-0.2, 0) is 21.4 Å². The fraction of sp³-hybridized carbons (Fsp3) is 0.250. The van der Waals surface area contributed by atoms with Gasteiger partial charge in [0.1, 0.15) is 0 Å². The monoisotopic (exact) mass is 415 g/mol. The lowest BCUT2D eigenvalue weighted by molar-refractivity contribution is -0.385. The van der Waals surface area contributed by atoms with E-state index in [9.17, 15) is 23.3 Å². The molecule has 0 unspecified atom stereocenters. The molecule has 1 heterocycles. The highest BCUT2D eigenvalue weighted by Crippen LogP contribution is 2.21. The molecule has 0 aromatic heterocycles. The SMILES string of the molecule is O=C(/C=C/c1ccccc1[N+](=O)[O-])NCc1ccc(S(=O)(=O)N2CCCC2)cc1. The van der Waals surface area contributed by atoms with Crippen LogP contribution in [-0.4, -0.2) is 36.6 Å². The van der Waals surface area contributed by atoms with Crippen molar-refractivity contribution in [1.82, 2.24) is 9.62 Å². The Morgan fingerprint density at radius 1 is 1.10 bits per heavy atom. The van der Waals surface area contributed by atoms with Crippen molar-refractivity contribution in [3.8, 4) is 0 Å². The Morgan fingerprint density at radius 2 is 1.76 bits per heavy atom. The summed E-state index contributed by atoms with van der Waals surface area (Å²) < 4.78 is 26.5. The van der Waals surface area contributed by atoms with Gasteiger partial charge in [0.05, 0.1) is 15.4 Å². The van der Waals surface area contributed by atoms with Gasteiger partial charge in [-0.25, -0.2) is 8.42 Å². The van der Waals surface area contributed by atoms with Gasteiger partial charge in [-0.1, -0.05) is 24.3 Å². The molecule has 2 aromatic rings. The first-order valence-corrected chi connectivity index (χ1v) is 10.6. The van der Waals surface area contributed by atoms with Crippen molar-refractivity contribution >= 4 is 27.7 Å². The second-order valence-corrected chi connectivity index (χ2v) is 8.56. The number of benzene rings is 2. The molecule has 0 spiro atoms. The molecule has 1 aliphatic rings. The first-order chi connectivity index (χ1) is 13.9. The van der Waals surface area contributed by atoms with Crippen molar-refractivity contribution < 1.29 is 18.1 Å². The summed E-state index contributed by atoms with van der Waals surface area (Å²) in [5.41, 5.74) is 1.01. The second kappa shape index (κ2) is 8.97. The summed E-state index contributed by atoms with van der Waals surface area (Å²) in [6.07, 6.45) is 4.37. The number of amides is 1. The summed E-state index contributed by atoms with van der Waals surface area (Å²) in [6, 6.07) is 12.5. The third kappa shape index (κ3) is 5.07. The zero-order valence-electron chi connectivity index (χ0n) is 15.7. The predicted molar refractivity (Wildman–Crippen MR) is 108 cm³/mol. The van der Waals surface area contributed by atoms with E-state index >= 15 is 0 Å². The molecule has 0 atom stereocenters. The molecule has 0 saturated carbocycles. The first-order valence-electron chi connectivity index (χ1n) is 9.16. The Hall–Kier alpha value is -3.04. The van der Waals surface area contributed by atoms with E-state index in [1.54, 1.807) is 30.3 Å². The smallest absolute Gasteiger partial charge is 0.276 e. The van der Waals surface area contributed by atoms with Gasteiger partial charge in [0.25, 0.3) is 5.69 Å². The minimum Gasteiger partial charge on any atom is -0.348 e. The molecule has 3 rings (SSSR count). The normalized spacial score (nSPS) is 14.9. The number of carbonyl (C=O) groups is 1. The van der Waals surface area contributed by atoms with Crippen molar-refractivity contribution in [3.63, 3.8) is 0 Å². The Labute approximate surface area is 169 Å². The average Bonchev–Trinajstić information content (AvgIpc) is 3.27. The topological polar surface area (TPSA) is 110 Å². The Morgan fingerprint density at radius 3 is 2.41 bits per heavy atom. The molecule has 0 aliphatic carbocycles. The summed E-state index contributed by atoms with van der Waals surface area (Å²) in [6.45, 7) is 1.31. The number of hydrogen-bond donors (Lipinski definition) is 1. The van der Waals surface area contributed by atoms with Gasteiger partial charge in [-0.15, -0.1) is 0 Å². The number of carbonyl (C=O) groups excluding carboxylic acids is 1. The van der Waals surface area contributed by atoms with E-state index in [-0.39, 0.29) is 17.1 Å². The van der Waals surface area contributed by atoms with Gasteiger partial charge in [0.15, 0.2) is 0 Å². The van der Waals surface area contributed by atoms with Crippen molar-refractivity contribution in [3.05, 3.63) is 75.8 Å². The predicted octanol–water partition coefficient (Wildman–Crippen LogP) is 2.71. The fourth-order valence-corrected chi connectivity index (χ4v) is 4.58. The minimum atomic E-state index is -3.46. The molecule has 1 aliphatic heterocycles. The van der Waals surface area contributed by atoms with Crippen molar-refractivity contribution in [2.45, 2.75) is 24.3 Å². The molecule has 1 saturated heterocycles. The van der Waals surface area contributed by atoms with Crippen LogP contribution >= 0.6 is 0 Å². The molecular weight excluding hydrogens is 394 g/mol. The lowest BCUT2D eigenvalue weighted by Gasteiger charge is -2.15. The van der Waals surface area contributed by atoms with Gasteiger partial charge >= 0.3 is 0 Å². The van der Waals surface area contributed by atoms with Crippen LogP contribution in [0.2, 0.25) is 0 Å². The molecule has 8 nitrogen and oxygen atoms in total. The largest absolute Gasteiger partial charge is 0.348 e. The lowest BCUT2D eigenvalue weighted by Crippen LogP contribution is -2.27. The van der Waals surface area contributed by atoms with Crippen LogP contribution in [0.4, 0.5) is 5.69 Å². The van der Waals surface area contributed by atoms with Gasteiger partial charge in [-0.05, 0) is 42.7 Å². The van der Waals surface area contributed by atoms with E-state index in [4.69, 9.17) is 0 Å². The molecule has 9 heteroatoms. The number of hydrogen-bond acceptors (Lipinski definition) is 5. The summed E-state index contributed by atoms with van der Waals surface area (Å²) in [4.78, 5) is 22.7. The zero-order valence-corrected chi connectivity index (χ0v) is 16.5. The van der Waals surface area contributed by atoms with Crippen LogP contribution in [0, 0.1) is 10.1 Å². The second-order valence-electron chi connectivity index (χ2n) is 6.62. The maximum absolute atomic E-state index is 12.5. The average molecular weight is 415 g/mol. The van der Waals surface area contributed by atoms with E-state index in [1.165, 1.54) is 34.7 Å². The van der Waals surface area contributed by atoms with Crippen LogP contribution in [0.25, 0.3) is 6.08 Å². The van der Waals surface area contributed by atoms with Crippen molar-refractivity contribution in [2.24, 2.45) is 0 Å². The molecular formula is C20H21N3O5S. The van der Waals surface area contributed by atoms with E-state index in [0.717, 1.165) is 18.4 Å². The van der Waals surface area contributed by atoms with E-state index in [0.29, 0.717) is 18.7 Å². The highest BCUT2D eigenvalue weighted by Gasteiger charge is 2.26. The number of para-hydroxylation sites is 1. The molecule has 0 radical (unpaired) electrons. The van der Waals surface area contributed by atoms with Gasteiger partial charge < -0.3 is 5.32 Å². The molecule has 152 valence electrons. The first kappa shape index (κ1) is 20.7. The summed E-state index contributed by atoms with van der Waals surface area (Å²) in [7, 11) is -3.46. The highest BCUT2D eigenvalue weighted by atomic mass is 32.2. The maximum atomic E-state index is 12.5. The molecule has 1 fully saturated rings. The van der Waals surface area contributed by atoms with Crippen LogP contribution in [0.3, 0.4) is 0 Å². The summed E-state index contributed by atoms with van der Waals surface area (Å²) >= 11 is 0. The number of sulfonamides is 1. The van der Waals surface area contributed by atoms with Crippen molar-refractivity contribution in [2.75, 3.05) is 13.1 Å². The molecule has 2 aromatic carbocycles. The molecule has 1 amide bonds. The molecule has 1 N–H and O–H groups in total. The fourth-order valence-electron chi connectivity index (χ4n) is 3.07. The van der Waals surface area contributed by atoms with Crippen LogP contribution < -0.4 is 5.32 Å². The standard InChI is InChI=1S/C20H21N3O5S/c24-20(12-9-17-5-1-2-6-19(17)23(25)26)21-15-16-7-10-18(11-8-16)29(27,28)22-13-3-4-14-22/h1-2,5-12H,3-4,13-15H2,(H,21,24)/b12-9+. The zero-order chi connectivity index (χ0) is 20.9. The number of nitro benzene ring substituents is 1. The van der Waals surface area contributed by atoms with E-state index in [2.05, 4.69) is 5.32 Å². The summed E-state index contributed by atoms with van der Waals surface area (Å²) in [5.74, 6) is -0.406. The number of rotatable bonds is 7. The van der Waals surface area contributed by atoms with Gasteiger partial charge in [-0.2, -0.15) is 4.31 Å². The Bertz CT molecular complexity index is 1030. The number of nitrogens with one attached hydrogen (secondary N) is 1. The number of nitrogens with zero attached hydrogens (tertiary/aromatic N) is 2. The molecule has 0 bridgehead atoms. The third-order valence-electron chi connectivity index (χ3n) is 4.64. The Kier molecular flexibility index (Phi) is 6.40. The van der Waals surface area contributed by atoms with E-state index < -0.39 is 20.9 Å². The minimum absolute atomic E-state index is 0.0775. The van der Waals surface area contributed by atoms with Crippen LogP contribution in [0.1, 0.15) is 24.0 Å². The van der Waals surface area contributed by atoms with Crippen LogP contribution in [0.5, 0.6) is 0 Å². The maximum Gasteiger partial charge on any atom is 0.276 e.